The highest BCUT2D eigenvalue weighted by Crippen LogP contribution is 2.23. The van der Waals surface area contributed by atoms with Gasteiger partial charge in [-0.2, -0.15) is 0 Å². The van der Waals surface area contributed by atoms with Crippen molar-refractivity contribution in [1.82, 2.24) is 4.31 Å². The molecule has 1 atom stereocenters. The third-order valence-electron chi connectivity index (χ3n) is 2.97. The molecule has 8 heteroatoms. The van der Waals surface area contributed by atoms with E-state index in [0.717, 1.165) is 10.4 Å². The van der Waals surface area contributed by atoms with E-state index in [-0.39, 0.29) is 17.2 Å². The number of methoxy groups -OCH3 is 2. The maximum atomic E-state index is 13.6. The van der Waals surface area contributed by atoms with Crippen LogP contribution in [0.15, 0.2) is 23.1 Å². The molecule has 0 fully saturated rings. The van der Waals surface area contributed by atoms with Gasteiger partial charge in [0.2, 0.25) is 10.0 Å². The first-order valence-corrected chi connectivity index (χ1v) is 7.55. The van der Waals surface area contributed by atoms with Gasteiger partial charge in [0.25, 0.3) is 0 Å². The molecule has 0 amide bonds. The van der Waals surface area contributed by atoms with Crippen LogP contribution in [0.5, 0.6) is 5.75 Å². The lowest BCUT2D eigenvalue weighted by molar-refractivity contribution is -0.144. The summed E-state index contributed by atoms with van der Waals surface area (Å²) in [4.78, 5) is 11.1. The zero-order valence-corrected chi connectivity index (χ0v) is 13.1. The maximum Gasteiger partial charge on any atom is 0.309 e. The summed E-state index contributed by atoms with van der Waals surface area (Å²) in [5, 5.41) is 0. The molecule has 0 N–H and O–H groups in total. The first-order valence-electron chi connectivity index (χ1n) is 6.11. The molecule has 0 heterocycles. The van der Waals surface area contributed by atoms with Crippen molar-refractivity contribution in [2.24, 2.45) is 5.92 Å². The monoisotopic (exact) mass is 319 g/mol. The normalized spacial score (nSPS) is 13.0. The second-order valence-electron chi connectivity index (χ2n) is 4.51. The number of esters is 1. The van der Waals surface area contributed by atoms with E-state index in [4.69, 9.17) is 4.74 Å². The Hall–Kier alpha value is -1.67. The van der Waals surface area contributed by atoms with E-state index < -0.39 is 27.7 Å². The summed E-state index contributed by atoms with van der Waals surface area (Å²) in [6.45, 7) is 1.48. The van der Waals surface area contributed by atoms with Gasteiger partial charge in [-0.1, -0.05) is 6.92 Å². The first-order chi connectivity index (χ1) is 9.73. The average Bonchev–Trinajstić information content (AvgIpc) is 2.45. The van der Waals surface area contributed by atoms with Crippen molar-refractivity contribution in [3.8, 4) is 5.75 Å². The van der Waals surface area contributed by atoms with Crippen LogP contribution >= 0.6 is 0 Å². The zero-order valence-electron chi connectivity index (χ0n) is 12.3. The van der Waals surface area contributed by atoms with Gasteiger partial charge in [0, 0.05) is 13.6 Å². The Morgan fingerprint density at radius 2 is 2.00 bits per heavy atom. The van der Waals surface area contributed by atoms with Crippen LogP contribution in [0.3, 0.4) is 0 Å². The minimum Gasteiger partial charge on any atom is -0.494 e. The summed E-state index contributed by atoms with van der Waals surface area (Å²) >= 11 is 0. The molecule has 0 aliphatic heterocycles. The molecule has 0 bridgehead atoms. The summed E-state index contributed by atoms with van der Waals surface area (Å²) in [6.07, 6.45) is 0. The van der Waals surface area contributed by atoms with Crippen molar-refractivity contribution in [1.29, 1.82) is 0 Å². The fourth-order valence-electron chi connectivity index (χ4n) is 1.75. The number of sulfonamides is 1. The summed E-state index contributed by atoms with van der Waals surface area (Å²) in [6, 6.07) is 3.36. The highest BCUT2D eigenvalue weighted by molar-refractivity contribution is 7.89. The summed E-state index contributed by atoms with van der Waals surface area (Å²) in [5.41, 5.74) is 0. The number of hydrogen-bond acceptors (Lipinski definition) is 5. The number of halogens is 1. The number of carbonyl (C=O) groups is 1. The molecule has 1 aromatic carbocycles. The molecule has 0 saturated heterocycles. The van der Waals surface area contributed by atoms with Gasteiger partial charge in [-0.15, -0.1) is 0 Å². The maximum absolute atomic E-state index is 13.6. The Bertz CT molecular complexity index is 617. The largest absolute Gasteiger partial charge is 0.494 e. The van der Waals surface area contributed by atoms with Gasteiger partial charge in [-0.3, -0.25) is 4.79 Å². The zero-order chi connectivity index (χ0) is 16.2. The molecule has 6 nitrogen and oxygen atoms in total. The molecule has 118 valence electrons. The lowest BCUT2D eigenvalue weighted by Gasteiger charge is -2.20. The molecule has 0 spiro atoms. The van der Waals surface area contributed by atoms with Crippen LogP contribution in [0.2, 0.25) is 0 Å². The van der Waals surface area contributed by atoms with Gasteiger partial charge in [-0.25, -0.2) is 17.1 Å². The predicted molar refractivity (Wildman–Crippen MR) is 73.9 cm³/mol. The van der Waals surface area contributed by atoms with Crippen LogP contribution in [0.1, 0.15) is 6.92 Å². The summed E-state index contributed by atoms with van der Waals surface area (Å²) in [5.74, 6) is -1.96. The summed E-state index contributed by atoms with van der Waals surface area (Å²) < 4.78 is 48.5. The van der Waals surface area contributed by atoms with E-state index in [9.17, 15) is 17.6 Å². The SMILES string of the molecule is COC(=O)C(C)CN(C)S(=O)(=O)c1ccc(OC)c(F)c1. The van der Waals surface area contributed by atoms with Crippen molar-refractivity contribution >= 4 is 16.0 Å². The first kappa shape index (κ1) is 17.4. The van der Waals surface area contributed by atoms with E-state index in [1.807, 2.05) is 0 Å². The molecule has 1 unspecified atom stereocenters. The number of benzene rings is 1. The fourth-order valence-corrected chi connectivity index (χ4v) is 3.02. The molecule has 0 aromatic heterocycles. The Morgan fingerprint density at radius 3 is 2.48 bits per heavy atom. The van der Waals surface area contributed by atoms with E-state index in [1.54, 1.807) is 6.92 Å². The predicted octanol–water partition coefficient (Wildman–Crippen LogP) is 1.26. The smallest absolute Gasteiger partial charge is 0.309 e. The van der Waals surface area contributed by atoms with Crippen molar-refractivity contribution in [2.45, 2.75) is 11.8 Å². The number of hydrogen-bond donors (Lipinski definition) is 0. The van der Waals surface area contributed by atoms with E-state index >= 15 is 0 Å². The molecular weight excluding hydrogens is 301 g/mol. The van der Waals surface area contributed by atoms with E-state index in [2.05, 4.69) is 4.74 Å². The Labute approximate surface area is 123 Å². The minimum atomic E-state index is -3.89. The van der Waals surface area contributed by atoms with Crippen molar-refractivity contribution in [3.63, 3.8) is 0 Å². The van der Waals surface area contributed by atoms with Crippen molar-refractivity contribution < 1.29 is 27.1 Å². The molecule has 0 saturated carbocycles. The van der Waals surface area contributed by atoms with Crippen LogP contribution in [0.25, 0.3) is 0 Å². The quantitative estimate of drug-likeness (QED) is 0.738. The van der Waals surface area contributed by atoms with E-state index in [0.29, 0.717) is 0 Å². The minimum absolute atomic E-state index is 0.0421. The molecule has 21 heavy (non-hydrogen) atoms. The Balaban J connectivity index is 2.99. The molecule has 0 aliphatic rings. The van der Waals surface area contributed by atoms with Crippen LogP contribution < -0.4 is 4.74 Å². The number of nitrogens with zero attached hydrogens (tertiary/aromatic N) is 1. The molecule has 1 aromatic rings. The van der Waals surface area contributed by atoms with Crippen LogP contribution in [0, 0.1) is 11.7 Å². The van der Waals surface area contributed by atoms with Gasteiger partial charge in [0.15, 0.2) is 11.6 Å². The van der Waals surface area contributed by atoms with Gasteiger partial charge >= 0.3 is 5.97 Å². The highest BCUT2D eigenvalue weighted by atomic mass is 32.2. The highest BCUT2D eigenvalue weighted by Gasteiger charge is 2.26. The third-order valence-corrected chi connectivity index (χ3v) is 4.79. The second-order valence-corrected chi connectivity index (χ2v) is 6.55. The second kappa shape index (κ2) is 6.86. The van der Waals surface area contributed by atoms with E-state index in [1.165, 1.54) is 33.4 Å². The van der Waals surface area contributed by atoms with Crippen molar-refractivity contribution in [2.75, 3.05) is 27.8 Å². The third kappa shape index (κ3) is 3.92. The number of carbonyl (C=O) groups excluding carboxylic acids is 1. The Morgan fingerprint density at radius 1 is 1.38 bits per heavy atom. The number of ether oxygens (including phenoxy) is 2. The molecule has 0 aliphatic carbocycles. The van der Waals surface area contributed by atoms with Gasteiger partial charge in [-0.05, 0) is 18.2 Å². The number of rotatable bonds is 6. The van der Waals surface area contributed by atoms with Crippen LogP contribution in [0.4, 0.5) is 4.39 Å². The fraction of sp³-hybridized carbons (Fsp3) is 0.462. The standard InChI is InChI=1S/C13H18FNO5S/c1-9(13(16)20-4)8-15(2)21(17,18)10-5-6-12(19-3)11(14)7-10/h5-7,9H,8H2,1-4H3. The topological polar surface area (TPSA) is 72.9 Å². The summed E-state index contributed by atoms with van der Waals surface area (Å²) in [7, 11) is -0.0601. The molecule has 0 radical (unpaired) electrons. The van der Waals surface area contributed by atoms with Crippen LogP contribution in [-0.2, 0) is 19.6 Å². The molecular formula is C13H18FNO5S. The lowest BCUT2D eigenvalue weighted by Crippen LogP contribution is -2.34. The van der Waals surface area contributed by atoms with Gasteiger partial charge in [0.05, 0.1) is 25.0 Å². The average molecular weight is 319 g/mol. The molecule has 1 rings (SSSR count). The van der Waals surface area contributed by atoms with Crippen molar-refractivity contribution in [3.05, 3.63) is 24.0 Å². The van der Waals surface area contributed by atoms with Crippen LogP contribution in [-0.4, -0.2) is 46.5 Å². The lowest BCUT2D eigenvalue weighted by atomic mass is 10.2. The Kier molecular flexibility index (Phi) is 5.68. The van der Waals surface area contributed by atoms with Gasteiger partial charge in [0.1, 0.15) is 0 Å². The van der Waals surface area contributed by atoms with Gasteiger partial charge < -0.3 is 9.47 Å².